The van der Waals surface area contributed by atoms with E-state index in [0.717, 1.165) is 41.8 Å². The summed E-state index contributed by atoms with van der Waals surface area (Å²) in [5.74, 6) is 1.46. The maximum absolute atomic E-state index is 13.0. The van der Waals surface area contributed by atoms with Crippen LogP contribution in [0.3, 0.4) is 0 Å². The molecule has 1 aromatic heterocycles. The van der Waals surface area contributed by atoms with Crippen LogP contribution in [0.5, 0.6) is 17.2 Å². The van der Waals surface area contributed by atoms with Gasteiger partial charge in [0.2, 0.25) is 11.2 Å². The van der Waals surface area contributed by atoms with E-state index in [4.69, 9.17) is 18.6 Å². The largest absolute Gasteiger partial charge is 0.478 e. The fourth-order valence-corrected chi connectivity index (χ4v) is 4.21. The summed E-state index contributed by atoms with van der Waals surface area (Å²) >= 11 is 3.43. The first-order valence-electron chi connectivity index (χ1n) is 9.65. The number of benzene rings is 2. The predicted molar refractivity (Wildman–Crippen MR) is 112 cm³/mol. The van der Waals surface area contributed by atoms with Crippen LogP contribution in [0.1, 0.15) is 18.4 Å². The second-order valence-corrected chi connectivity index (χ2v) is 8.15. The molecule has 2 aromatic carbocycles. The Balaban J connectivity index is 1.46. The molecule has 0 amide bonds. The Labute approximate surface area is 176 Å². The average Bonchev–Trinajstić information content (AvgIpc) is 3.24. The van der Waals surface area contributed by atoms with Gasteiger partial charge in [-0.2, -0.15) is 0 Å². The molecule has 3 heterocycles. The minimum atomic E-state index is -0.207. The van der Waals surface area contributed by atoms with Gasteiger partial charge in [-0.15, -0.1) is 0 Å². The number of hydrogen-bond donors (Lipinski definition) is 0. The monoisotopic (exact) mass is 457 g/mol. The third-order valence-corrected chi connectivity index (χ3v) is 5.95. The molecule has 150 valence electrons. The van der Waals surface area contributed by atoms with Crippen LogP contribution in [0, 0.1) is 0 Å². The molecule has 0 radical (unpaired) electrons. The lowest BCUT2D eigenvalue weighted by Gasteiger charge is -2.30. The lowest BCUT2D eigenvalue weighted by molar-refractivity contribution is 0.0281. The van der Waals surface area contributed by atoms with Gasteiger partial charge < -0.3 is 18.6 Å². The van der Waals surface area contributed by atoms with Crippen molar-refractivity contribution in [2.45, 2.75) is 25.5 Å². The van der Waals surface area contributed by atoms with E-state index in [1.807, 2.05) is 24.3 Å². The first-order valence-corrected chi connectivity index (χ1v) is 10.4. The van der Waals surface area contributed by atoms with Gasteiger partial charge in [-0.25, -0.2) is 0 Å². The fourth-order valence-electron chi connectivity index (χ4n) is 3.85. The van der Waals surface area contributed by atoms with Crippen molar-refractivity contribution >= 4 is 26.9 Å². The smallest absolute Gasteiger partial charge is 0.235 e. The molecule has 5 rings (SSSR count). The summed E-state index contributed by atoms with van der Waals surface area (Å²) in [6, 6.07) is 10.9. The Morgan fingerprint density at radius 1 is 1.17 bits per heavy atom. The van der Waals surface area contributed by atoms with Crippen LogP contribution >= 0.6 is 15.9 Å². The topological polar surface area (TPSA) is 61.1 Å². The summed E-state index contributed by atoms with van der Waals surface area (Å²) in [6.07, 6.45) is 3.80. The number of rotatable bonds is 4. The molecule has 0 N–H and O–H groups in total. The second kappa shape index (κ2) is 7.82. The van der Waals surface area contributed by atoms with Gasteiger partial charge in [0.15, 0.2) is 0 Å². The Hall–Kier alpha value is -2.35. The van der Waals surface area contributed by atoms with Crippen LogP contribution in [-0.4, -0.2) is 30.9 Å². The van der Waals surface area contributed by atoms with Crippen molar-refractivity contribution in [3.8, 4) is 17.2 Å². The molecule has 1 atom stereocenters. The minimum Gasteiger partial charge on any atom is -0.478 e. The van der Waals surface area contributed by atoms with Gasteiger partial charge in [-0.05, 0) is 53.0 Å². The van der Waals surface area contributed by atoms with E-state index in [9.17, 15) is 4.79 Å². The number of halogens is 1. The van der Waals surface area contributed by atoms with Gasteiger partial charge in [0, 0.05) is 19.7 Å². The first kappa shape index (κ1) is 18.7. The highest BCUT2D eigenvalue weighted by atomic mass is 79.9. The van der Waals surface area contributed by atoms with Gasteiger partial charge >= 0.3 is 0 Å². The van der Waals surface area contributed by atoms with Gasteiger partial charge in [0.05, 0.1) is 21.5 Å². The SMILES string of the molecule is O=c1c(Oc2ccccc2Br)coc2c3c(ccc12)OCN(C[C@H]1CCCO1)C3. The highest BCUT2D eigenvalue weighted by Gasteiger charge is 2.26. The van der Waals surface area contributed by atoms with Crippen molar-refractivity contribution in [2.24, 2.45) is 0 Å². The molecule has 0 unspecified atom stereocenters. The van der Waals surface area contributed by atoms with Crippen molar-refractivity contribution in [3.05, 3.63) is 62.9 Å². The Morgan fingerprint density at radius 2 is 2.07 bits per heavy atom. The van der Waals surface area contributed by atoms with Crippen LogP contribution in [0.2, 0.25) is 0 Å². The van der Waals surface area contributed by atoms with Crippen molar-refractivity contribution in [2.75, 3.05) is 19.9 Å². The maximum Gasteiger partial charge on any atom is 0.235 e. The van der Waals surface area contributed by atoms with E-state index in [1.54, 1.807) is 12.1 Å². The molecule has 6 nitrogen and oxygen atoms in total. The van der Waals surface area contributed by atoms with Crippen molar-refractivity contribution < 1.29 is 18.6 Å². The van der Waals surface area contributed by atoms with E-state index in [1.165, 1.54) is 6.26 Å². The van der Waals surface area contributed by atoms with Crippen LogP contribution in [0.25, 0.3) is 11.0 Å². The molecule has 2 aliphatic rings. The highest BCUT2D eigenvalue weighted by molar-refractivity contribution is 9.10. The number of nitrogens with zero attached hydrogens (tertiary/aromatic N) is 1. The molecule has 0 saturated carbocycles. The zero-order valence-electron chi connectivity index (χ0n) is 15.7. The third kappa shape index (κ3) is 3.66. The highest BCUT2D eigenvalue weighted by Crippen LogP contribution is 2.34. The molecule has 7 heteroatoms. The van der Waals surface area contributed by atoms with E-state index in [0.29, 0.717) is 30.0 Å². The molecule has 29 heavy (non-hydrogen) atoms. The number of hydrogen-bond acceptors (Lipinski definition) is 6. The van der Waals surface area contributed by atoms with Gasteiger partial charge in [-0.1, -0.05) is 12.1 Å². The van der Waals surface area contributed by atoms with Gasteiger partial charge in [0.1, 0.15) is 30.1 Å². The minimum absolute atomic E-state index is 0.150. The Bertz CT molecular complexity index is 1110. The second-order valence-electron chi connectivity index (χ2n) is 7.30. The van der Waals surface area contributed by atoms with Crippen LogP contribution in [-0.2, 0) is 11.3 Å². The maximum atomic E-state index is 13.0. The fraction of sp³-hybridized carbons (Fsp3) is 0.318. The summed E-state index contributed by atoms with van der Waals surface area (Å²) in [4.78, 5) is 15.2. The lowest BCUT2D eigenvalue weighted by atomic mass is 10.1. The number of ether oxygens (including phenoxy) is 3. The van der Waals surface area contributed by atoms with Gasteiger partial charge in [-0.3, -0.25) is 9.69 Å². The van der Waals surface area contributed by atoms with Crippen molar-refractivity contribution in [3.63, 3.8) is 0 Å². The van der Waals surface area contributed by atoms with Crippen LogP contribution in [0.4, 0.5) is 0 Å². The van der Waals surface area contributed by atoms with E-state index < -0.39 is 0 Å². The van der Waals surface area contributed by atoms with Crippen LogP contribution < -0.4 is 14.9 Å². The number of para-hydroxylation sites is 1. The Kier molecular flexibility index (Phi) is 5.03. The molecular formula is C22H20BrNO5. The Morgan fingerprint density at radius 3 is 2.90 bits per heavy atom. The van der Waals surface area contributed by atoms with Gasteiger partial charge in [0.25, 0.3) is 0 Å². The molecule has 3 aromatic rings. The summed E-state index contributed by atoms with van der Waals surface area (Å²) in [5.41, 5.74) is 1.22. The normalized spacial score (nSPS) is 19.1. The van der Waals surface area contributed by atoms with E-state index in [2.05, 4.69) is 20.8 Å². The van der Waals surface area contributed by atoms with Crippen molar-refractivity contribution in [1.29, 1.82) is 0 Å². The lowest BCUT2D eigenvalue weighted by Crippen LogP contribution is -2.37. The third-order valence-electron chi connectivity index (χ3n) is 5.30. The zero-order chi connectivity index (χ0) is 19.8. The summed E-state index contributed by atoms with van der Waals surface area (Å²) in [6.45, 7) is 2.79. The molecule has 0 bridgehead atoms. The summed E-state index contributed by atoms with van der Waals surface area (Å²) in [5, 5.41) is 0.482. The van der Waals surface area contributed by atoms with E-state index in [-0.39, 0.29) is 17.3 Å². The molecule has 0 spiro atoms. The zero-order valence-corrected chi connectivity index (χ0v) is 17.3. The molecule has 2 aliphatic heterocycles. The summed E-state index contributed by atoms with van der Waals surface area (Å²) in [7, 11) is 0. The first-order chi connectivity index (χ1) is 14.2. The van der Waals surface area contributed by atoms with E-state index >= 15 is 0 Å². The van der Waals surface area contributed by atoms with Crippen LogP contribution in [0.15, 0.2) is 56.3 Å². The molecule has 1 fully saturated rings. The standard InChI is InChI=1S/C22H20BrNO5/c23-17-5-1-2-6-19(17)29-20-12-27-22-15(21(20)25)7-8-18-16(22)11-24(13-28-18)10-14-4-3-9-26-14/h1-2,5-8,12,14H,3-4,9-11,13H2/t14-/m1/s1. The average molecular weight is 458 g/mol. The molecule has 1 saturated heterocycles. The van der Waals surface area contributed by atoms with Crippen molar-refractivity contribution in [1.82, 2.24) is 4.90 Å². The quantitative estimate of drug-likeness (QED) is 0.566. The molecule has 0 aliphatic carbocycles. The molecular weight excluding hydrogens is 438 g/mol. The number of fused-ring (bicyclic) bond motifs is 3. The summed E-state index contributed by atoms with van der Waals surface area (Å²) < 4.78 is 24.1. The predicted octanol–water partition coefficient (Wildman–Crippen LogP) is 4.68.